The van der Waals surface area contributed by atoms with Crippen LogP contribution in [-0.2, 0) is 0 Å². The molecule has 2 heterocycles. The quantitative estimate of drug-likeness (QED) is 0.561. The van der Waals surface area contributed by atoms with Gasteiger partial charge in [0.15, 0.2) is 5.82 Å². The summed E-state index contributed by atoms with van der Waals surface area (Å²) in [5.74, 6) is 0.921. The predicted octanol–water partition coefficient (Wildman–Crippen LogP) is 6.05. The Balaban J connectivity index is 1.93. The molecule has 29 heavy (non-hydrogen) atoms. The summed E-state index contributed by atoms with van der Waals surface area (Å²) in [6, 6.07) is -0.309. The number of aromatic nitrogens is 2. The highest BCUT2D eigenvalue weighted by molar-refractivity contribution is 5.89. The third kappa shape index (κ3) is 5.55. The first-order chi connectivity index (χ1) is 13.7. The van der Waals surface area contributed by atoms with Gasteiger partial charge in [-0.1, -0.05) is 38.7 Å². The Morgan fingerprint density at radius 1 is 1.21 bits per heavy atom. The SMILES string of the molecule is C=C1C=CC(C(F)(F)F)=CN1C(CC1CCCCC1)C(C)=Nc1cnc(C)cn1. The Bertz CT molecular complexity index is 815. The fraction of sp³-hybridized carbons (Fsp3) is 0.500. The van der Waals surface area contributed by atoms with Gasteiger partial charge in [0.1, 0.15) is 0 Å². The zero-order valence-electron chi connectivity index (χ0n) is 16.9. The Kier molecular flexibility index (Phi) is 6.55. The first-order valence-corrected chi connectivity index (χ1v) is 10.0. The van der Waals surface area contributed by atoms with Gasteiger partial charge in [-0.2, -0.15) is 13.2 Å². The maximum absolute atomic E-state index is 13.3. The number of aryl methyl sites for hydroxylation is 1. The van der Waals surface area contributed by atoms with Crippen molar-refractivity contribution in [3.8, 4) is 0 Å². The summed E-state index contributed by atoms with van der Waals surface area (Å²) in [6.45, 7) is 7.66. The number of hydrogen-bond acceptors (Lipinski definition) is 4. The van der Waals surface area contributed by atoms with Gasteiger partial charge >= 0.3 is 6.18 Å². The van der Waals surface area contributed by atoms with Crippen LogP contribution in [0.4, 0.5) is 19.0 Å². The molecule has 1 aromatic heterocycles. The second kappa shape index (κ2) is 8.93. The van der Waals surface area contributed by atoms with Gasteiger partial charge in [-0.3, -0.25) is 4.98 Å². The second-order valence-corrected chi connectivity index (χ2v) is 7.84. The van der Waals surface area contributed by atoms with Crippen molar-refractivity contribution in [2.75, 3.05) is 0 Å². The first kappa shape index (κ1) is 21.3. The van der Waals surface area contributed by atoms with Crippen LogP contribution in [-0.4, -0.2) is 32.8 Å². The molecule has 3 rings (SSSR count). The van der Waals surface area contributed by atoms with E-state index in [9.17, 15) is 13.2 Å². The van der Waals surface area contributed by atoms with E-state index in [0.717, 1.165) is 37.2 Å². The summed E-state index contributed by atoms with van der Waals surface area (Å²) in [7, 11) is 0. The van der Waals surface area contributed by atoms with E-state index in [-0.39, 0.29) is 6.04 Å². The van der Waals surface area contributed by atoms with Gasteiger partial charge in [-0.25, -0.2) is 9.98 Å². The molecule has 156 valence electrons. The van der Waals surface area contributed by atoms with Gasteiger partial charge < -0.3 is 4.90 Å². The highest BCUT2D eigenvalue weighted by Crippen LogP contribution is 2.35. The summed E-state index contributed by atoms with van der Waals surface area (Å²) in [6.07, 6.45) is 8.97. The highest BCUT2D eigenvalue weighted by Gasteiger charge is 2.36. The molecule has 2 aliphatic rings. The summed E-state index contributed by atoms with van der Waals surface area (Å²) in [5, 5.41) is 0. The van der Waals surface area contributed by atoms with Gasteiger partial charge in [0.2, 0.25) is 0 Å². The molecule has 1 aliphatic carbocycles. The van der Waals surface area contributed by atoms with Gasteiger partial charge in [0.25, 0.3) is 0 Å². The van der Waals surface area contributed by atoms with Gasteiger partial charge in [-0.15, -0.1) is 0 Å². The molecule has 1 aliphatic heterocycles. The fourth-order valence-corrected chi connectivity index (χ4v) is 3.93. The number of allylic oxidation sites excluding steroid dienone is 3. The molecule has 0 N–H and O–H groups in total. The summed E-state index contributed by atoms with van der Waals surface area (Å²) >= 11 is 0. The Morgan fingerprint density at radius 2 is 1.93 bits per heavy atom. The summed E-state index contributed by atoms with van der Waals surface area (Å²) in [4.78, 5) is 14.7. The summed E-state index contributed by atoms with van der Waals surface area (Å²) < 4.78 is 40.0. The molecule has 7 heteroatoms. The number of aliphatic imine (C=N–C) groups is 1. The van der Waals surface area contributed by atoms with Crippen LogP contribution in [0.2, 0.25) is 0 Å². The smallest absolute Gasteiger partial charge is 0.339 e. The van der Waals surface area contributed by atoms with Crippen LogP contribution < -0.4 is 0 Å². The molecule has 0 amide bonds. The second-order valence-electron chi connectivity index (χ2n) is 7.84. The lowest BCUT2D eigenvalue weighted by Gasteiger charge is -2.36. The van der Waals surface area contributed by atoms with Crippen LogP contribution in [0.25, 0.3) is 0 Å². The van der Waals surface area contributed by atoms with Crippen molar-refractivity contribution in [1.29, 1.82) is 0 Å². The normalized spacial score (nSPS) is 20.0. The molecule has 1 atom stereocenters. The van der Waals surface area contributed by atoms with Crippen molar-refractivity contribution in [2.45, 2.75) is 64.6 Å². The van der Waals surface area contributed by atoms with Gasteiger partial charge in [-0.05, 0) is 38.3 Å². The molecule has 1 saturated carbocycles. The maximum Gasteiger partial charge on any atom is 0.417 e. The highest BCUT2D eigenvalue weighted by atomic mass is 19.4. The van der Waals surface area contributed by atoms with Crippen molar-refractivity contribution < 1.29 is 13.2 Å². The summed E-state index contributed by atoms with van der Waals surface area (Å²) in [5.41, 5.74) is 1.35. The lowest BCUT2D eigenvalue weighted by molar-refractivity contribution is -0.0894. The van der Waals surface area contributed by atoms with Crippen LogP contribution in [0.1, 0.15) is 51.1 Å². The number of rotatable bonds is 5. The Hall–Kier alpha value is -2.44. The number of nitrogens with zero attached hydrogens (tertiary/aromatic N) is 4. The lowest BCUT2D eigenvalue weighted by Crippen LogP contribution is -2.39. The molecule has 0 spiro atoms. The molecular weight excluding hydrogens is 377 g/mol. The molecule has 1 fully saturated rings. The van der Waals surface area contributed by atoms with Crippen LogP contribution in [0, 0.1) is 12.8 Å². The van der Waals surface area contributed by atoms with E-state index in [0.29, 0.717) is 23.1 Å². The molecule has 1 unspecified atom stereocenters. The van der Waals surface area contributed by atoms with Gasteiger partial charge in [0, 0.05) is 17.6 Å². The molecular formula is C22H27F3N4. The van der Waals surface area contributed by atoms with E-state index in [1.807, 2.05) is 13.8 Å². The monoisotopic (exact) mass is 404 g/mol. The van der Waals surface area contributed by atoms with Crippen LogP contribution in [0.15, 0.2) is 53.6 Å². The van der Waals surface area contributed by atoms with Crippen LogP contribution in [0.5, 0.6) is 0 Å². The minimum absolute atomic E-state index is 0.309. The van der Waals surface area contributed by atoms with E-state index in [1.165, 1.54) is 25.3 Å². The van der Waals surface area contributed by atoms with Gasteiger partial charge in [0.05, 0.1) is 29.7 Å². The maximum atomic E-state index is 13.3. The predicted molar refractivity (Wildman–Crippen MR) is 109 cm³/mol. The largest absolute Gasteiger partial charge is 0.417 e. The van der Waals surface area contributed by atoms with Crippen molar-refractivity contribution in [2.24, 2.45) is 10.9 Å². The minimum atomic E-state index is -4.40. The number of alkyl halides is 3. The van der Waals surface area contributed by atoms with Crippen LogP contribution >= 0.6 is 0 Å². The van der Waals surface area contributed by atoms with E-state index >= 15 is 0 Å². The van der Waals surface area contributed by atoms with E-state index < -0.39 is 11.7 Å². The topological polar surface area (TPSA) is 41.4 Å². The third-order valence-electron chi connectivity index (χ3n) is 5.55. The zero-order chi connectivity index (χ0) is 21.0. The van der Waals surface area contributed by atoms with E-state index in [2.05, 4.69) is 21.5 Å². The van der Waals surface area contributed by atoms with E-state index in [1.54, 1.807) is 17.3 Å². The third-order valence-corrected chi connectivity index (χ3v) is 5.55. The zero-order valence-corrected chi connectivity index (χ0v) is 16.9. The fourth-order valence-electron chi connectivity index (χ4n) is 3.93. The van der Waals surface area contributed by atoms with Crippen molar-refractivity contribution in [1.82, 2.24) is 14.9 Å². The van der Waals surface area contributed by atoms with Crippen LogP contribution in [0.3, 0.4) is 0 Å². The number of halogens is 3. The molecule has 0 bridgehead atoms. The number of hydrogen-bond donors (Lipinski definition) is 0. The first-order valence-electron chi connectivity index (χ1n) is 10.0. The standard InChI is InChI=1S/C22H27F3N4/c1-15-12-27-21(13-26-15)28-17(3)20(11-18-7-5-4-6-8-18)29-14-19(22(23,24)25)10-9-16(29)2/h9-10,12-14,18,20H,2,4-8,11H2,1,3H3. The lowest BCUT2D eigenvalue weighted by atomic mass is 9.83. The Morgan fingerprint density at radius 3 is 2.55 bits per heavy atom. The average molecular weight is 404 g/mol. The molecule has 0 aromatic carbocycles. The molecule has 0 saturated heterocycles. The minimum Gasteiger partial charge on any atom is -0.339 e. The van der Waals surface area contributed by atoms with Crippen molar-refractivity contribution in [3.05, 3.63) is 54.3 Å². The van der Waals surface area contributed by atoms with Crippen molar-refractivity contribution >= 4 is 11.5 Å². The Labute approximate surface area is 170 Å². The average Bonchev–Trinajstić information content (AvgIpc) is 2.68. The van der Waals surface area contributed by atoms with E-state index in [4.69, 9.17) is 0 Å². The molecule has 1 aromatic rings. The van der Waals surface area contributed by atoms with Crippen molar-refractivity contribution in [3.63, 3.8) is 0 Å². The molecule has 0 radical (unpaired) electrons. The molecule has 4 nitrogen and oxygen atoms in total.